The molecule has 0 saturated carbocycles. The van der Waals surface area contributed by atoms with E-state index in [0.717, 1.165) is 16.8 Å². The van der Waals surface area contributed by atoms with Gasteiger partial charge in [-0.25, -0.2) is 0 Å². The highest BCUT2D eigenvalue weighted by molar-refractivity contribution is 7.99. The third-order valence-electron chi connectivity index (χ3n) is 4.20. The van der Waals surface area contributed by atoms with Crippen molar-refractivity contribution < 1.29 is 4.79 Å². The van der Waals surface area contributed by atoms with Gasteiger partial charge < -0.3 is 4.90 Å². The van der Waals surface area contributed by atoms with Crippen LogP contribution in [0.4, 0.5) is 0 Å². The summed E-state index contributed by atoms with van der Waals surface area (Å²) in [6.07, 6.45) is 0. The lowest BCUT2D eigenvalue weighted by atomic mass is 10.1. The van der Waals surface area contributed by atoms with Gasteiger partial charge in [0.15, 0.2) is 0 Å². The molecule has 0 fully saturated rings. The lowest BCUT2D eigenvalue weighted by Gasteiger charge is -2.18. The third kappa shape index (κ3) is 4.11. The molecule has 2 aromatic carbocycles. The Hall–Kier alpha value is -2.67. The monoisotopic (exact) mass is 367 g/mol. The van der Waals surface area contributed by atoms with Crippen LogP contribution in [0.25, 0.3) is 5.69 Å². The van der Waals surface area contributed by atoms with Crippen molar-refractivity contribution in [1.29, 1.82) is 0 Å². The molecule has 1 heterocycles. The predicted octanol–water partition coefficient (Wildman–Crippen LogP) is 3.03. The number of carbonyl (C=O) groups excluding carboxylic acids is 1. The molecule has 0 saturated heterocycles. The van der Waals surface area contributed by atoms with Crippen molar-refractivity contribution in [2.24, 2.45) is 0 Å². The number of benzene rings is 2. The zero-order chi connectivity index (χ0) is 18.5. The summed E-state index contributed by atoms with van der Waals surface area (Å²) in [4.78, 5) is 14.2. The Bertz CT molecular complexity index is 908. The molecule has 0 aliphatic rings. The molecule has 0 N–H and O–H groups in total. The molecule has 3 aromatic rings. The van der Waals surface area contributed by atoms with Crippen molar-refractivity contribution in [3.8, 4) is 5.69 Å². The van der Waals surface area contributed by atoms with E-state index in [1.807, 2.05) is 56.4 Å². The van der Waals surface area contributed by atoms with Crippen molar-refractivity contribution in [2.75, 3.05) is 12.8 Å². The number of aryl methyl sites for hydroxylation is 2. The molecule has 0 aliphatic carbocycles. The molecule has 1 aromatic heterocycles. The van der Waals surface area contributed by atoms with Gasteiger partial charge in [0.2, 0.25) is 11.1 Å². The van der Waals surface area contributed by atoms with Crippen LogP contribution in [0.1, 0.15) is 16.7 Å². The van der Waals surface area contributed by atoms with E-state index in [1.165, 1.54) is 17.3 Å². The number of thioether (sulfide) groups is 1. The van der Waals surface area contributed by atoms with Crippen LogP contribution in [0, 0.1) is 13.8 Å². The molecule has 0 aliphatic heterocycles. The maximum Gasteiger partial charge on any atom is 0.233 e. The summed E-state index contributed by atoms with van der Waals surface area (Å²) in [5.74, 6) is 0.326. The summed E-state index contributed by atoms with van der Waals surface area (Å²) in [6, 6.07) is 16.0. The highest BCUT2D eigenvalue weighted by Crippen LogP contribution is 2.21. The van der Waals surface area contributed by atoms with Gasteiger partial charge in [0.25, 0.3) is 0 Å². The fourth-order valence-electron chi connectivity index (χ4n) is 2.59. The summed E-state index contributed by atoms with van der Waals surface area (Å²) >= 11 is 1.34. The average molecular weight is 367 g/mol. The molecular weight excluding hydrogens is 346 g/mol. The first-order valence-electron chi connectivity index (χ1n) is 8.32. The number of hydrogen-bond acceptors (Lipinski definition) is 5. The van der Waals surface area contributed by atoms with Crippen LogP contribution in [0.15, 0.2) is 53.7 Å². The topological polar surface area (TPSA) is 63.9 Å². The van der Waals surface area contributed by atoms with E-state index in [2.05, 4.69) is 28.5 Å². The first-order valence-corrected chi connectivity index (χ1v) is 9.30. The van der Waals surface area contributed by atoms with Gasteiger partial charge in [0.05, 0.1) is 11.4 Å². The average Bonchev–Trinajstić information content (AvgIpc) is 3.10. The number of tetrazole rings is 1. The molecule has 0 atom stereocenters. The molecule has 0 spiro atoms. The fraction of sp³-hybridized carbons (Fsp3) is 0.263. The minimum absolute atomic E-state index is 0.0394. The van der Waals surface area contributed by atoms with Crippen molar-refractivity contribution in [3.63, 3.8) is 0 Å². The Labute approximate surface area is 157 Å². The standard InChI is InChI=1S/C19H21N5OS/c1-14-8-4-6-10-16(14)12-23(3)18(25)13-26-19-20-21-22-24(19)17-11-7-5-9-15(17)2/h4-11H,12-13H2,1-3H3. The van der Waals surface area contributed by atoms with Gasteiger partial charge in [0, 0.05) is 13.6 Å². The largest absolute Gasteiger partial charge is 0.341 e. The van der Waals surface area contributed by atoms with Crippen molar-refractivity contribution >= 4 is 17.7 Å². The molecule has 0 bridgehead atoms. The molecule has 0 radical (unpaired) electrons. The molecule has 134 valence electrons. The van der Waals surface area contributed by atoms with Crippen LogP contribution >= 0.6 is 11.8 Å². The van der Waals surface area contributed by atoms with Crippen LogP contribution in [0.2, 0.25) is 0 Å². The van der Waals surface area contributed by atoms with Gasteiger partial charge in [-0.3, -0.25) is 4.79 Å². The maximum absolute atomic E-state index is 12.5. The number of aromatic nitrogens is 4. The van der Waals surface area contributed by atoms with Gasteiger partial charge in [-0.05, 0) is 47.0 Å². The van der Waals surface area contributed by atoms with Gasteiger partial charge in [-0.15, -0.1) is 5.10 Å². The number of rotatable bonds is 6. The molecule has 0 unspecified atom stereocenters. The fourth-order valence-corrected chi connectivity index (χ4v) is 3.41. The molecule has 7 heteroatoms. The van der Waals surface area contributed by atoms with Gasteiger partial charge >= 0.3 is 0 Å². The van der Waals surface area contributed by atoms with E-state index in [1.54, 1.807) is 9.58 Å². The Morgan fingerprint density at radius 3 is 2.50 bits per heavy atom. The van der Waals surface area contributed by atoms with Crippen molar-refractivity contribution in [2.45, 2.75) is 25.5 Å². The SMILES string of the molecule is Cc1ccccc1CN(C)C(=O)CSc1nnnn1-c1ccccc1C. The van der Waals surface area contributed by atoms with E-state index in [-0.39, 0.29) is 11.7 Å². The van der Waals surface area contributed by atoms with E-state index in [9.17, 15) is 4.79 Å². The Morgan fingerprint density at radius 2 is 1.77 bits per heavy atom. The normalized spacial score (nSPS) is 10.7. The van der Waals surface area contributed by atoms with Crippen molar-refractivity contribution in [1.82, 2.24) is 25.1 Å². The van der Waals surface area contributed by atoms with Gasteiger partial charge in [-0.1, -0.05) is 54.2 Å². The number of nitrogens with zero attached hydrogens (tertiary/aromatic N) is 5. The van der Waals surface area contributed by atoms with Crippen LogP contribution < -0.4 is 0 Å². The Morgan fingerprint density at radius 1 is 1.08 bits per heavy atom. The number of amides is 1. The van der Waals surface area contributed by atoms with E-state index < -0.39 is 0 Å². The van der Waals surface area contributed by atoms with E-state index >= 15 is 0 Å². The van der Waals surface area contributed by atoms with Crippen LogP contribution in [-0.2, 0) is 11.3 Å². The van der Waals surface area contributed by atoms with Crippen molar-refractivity contribution in [3.05, 3.63) is 65.2 Å². The zero-order valence-corrected chi connectivity index (χ0v) is 15.9. The number of hydrogen-bond donors (Lipinski definition) is 0. The summed E-state index contributed by atoms with van der Waals surface area (Å²) in [5, 5.41) is 12.5. The minimum atomic E-state index is 0.0394. The molecular formula is C19H21N5OS. The molecule has 26 heavy (non-hydrogen) atoms. The molecule has 6 nitrogen and oxygen atoms in total. The maximum atomic E-state index is 12.5. The quantitative estimate of drug-likeness (QED) is 0.627. The first kappa shape index (κ1) is 18.1. The van der Waals surface area contributed by atoms with Crippen LogP contribution in [0.5, 0.6) is 0 Å². The summed E-state index contributed by atoms with van der Waals surface area (Å²) < 4.78 is 1.68. The van der Waals surface area contributed by atoms with Gasteiger partial charge in [0.1, 0.15) is 0 Å². The van der Waals surface area contributed by atoms with Crippen LogP contribution in [-0.4, -0.2) is 43.8 Å². The lowest BCUT2D eigenvalue weighted by Crippen LogP contribution is -2.28. The molecule has 1 amide bonds. The minimum Gasteiger partial charge on any atom is -0.341 e. The Balaban J connectivity index is 1.65. The van der Waals surface area contributed by atoms with E-state index in [4.69, 9.17) is 0 Å². The van der Waals surface area contributed by atoms with E-state index in [0.29, 0.717) is 11.7 Å². The van der Waals surface area contributed by atoms with Gasteiger partial charge in [-0.2, -0.15) is 4.68 Å². The second-order valence-electron chi connectivity index (χ2n) is 6.12. The highest BCUT2D eigenvalue weighted by Gasteiger charge is 2.15. The predicted molar refractivity (Wildman–Crippen MR) is 102 cm³/mol. The summed E-state index contributed by atoms with van der Waals surface area (Å²) in [5.41, 5.74) is 4.33. The van der Waals surface area contributed by atoms with Crippen LogP contribution in [0.3, 0.4) is 0 Å². The highest BCUT2D eigenvalue weighted by atomic mass is 32.2. The summed E-state index contributed by atoms with van der Waals surface area (Å²) in [6.45, 7) is 4.65. The second-order valence-corrected chi connectivity index (χ2v) is 7.07. The smallest absolute Gasteiger partial charge is 0.233 e. The number of para-hydroxylation sites is 1. The molecule has 3 rings (SSSR count). The second kappa shape index (κ2) is 8.14. The number of carbonyl (C=O) groups is 1. The zero-order valence-electron chi connectivity index (χ0n) is 15.1. The third-order valence-corrected chi connectivity index (χ3v) is 5.11. The Kier molecular flexibility index (Phi) is 5.68. The lowest BCUT2D eigenvalue weighted by molar-refractivity contribution is -0.127. The first-order chi connectivity index (χ1) is 12.6. The summed E-state index contributed by atoms with van der Waals surface area (Å²) in [7, 11) is 1.82.